The first-order chi connectivity index (χ1) is 9.65. The molecular formula is C15H30N4O. The summed E-state index contributed by atoms with van der Waals surface area (Å²) < 4.78 is 5.41. The number of nitrogens with one attached hydrogen (secondary N) is 1. The molecule has 0 unspecified atom stereocenters. The standard InChI is InChI=1S/C15H30N4O/c1-5-8-16-12-14-11-15(20-17-14)13-19(6-2)10-7-9-18(3)4/h11,16H,5-10,12-13H2,1-4H3. The van der Waals surface area contributed by atoms with E-state index in [4.69, 9.17) is 4.52 Å². The van der Waals surface area contributed by atoms with Crippen molar-refractivity contribution in [3.8, 4) is 0 Å². The van der Waals surface area contributed by atoms with Crippen LogP contribution in [0.3, 0.4) is 0 Å². The van der Waals surface area contributed by atoms with E-state index in [-0.39, 0.29) is 0 Å². The number of hydrogen-bond acceptors (Lipinski definition) is 5. The van der Waals surface area contributed by atoms with E-state index in [1.807, 2.05) is 0 Å². The van der Waals surface area contributed by atoms with Gasteiger partial charge in [0.1, 0.15) is 0 Å². The van der Waals surface area contributed by atoms with Gasteiger partial charge >= 0.3 is 0 Å². The van der Waals surface area contributed by atoms with E-state index in [0.29, 0.717) is 0 Å². The average Bonchev–Trinajstić information content (AvgIpc) is 2.85. The Morgan fingerprint density at radius 2 is 2.05 bits per heavy atom. The largest absolute Gasteiger partial charge is 0.360 e. The van der Waals surface area contributed by atoms with Gasteiger partial charge in [-0.15, -0.1) is 0 Å². The van der Waals surface area contributed by atoms with Gasteiger partial charge in [-0.2, -0.15) is 0 Å². The molecule has 0 radical (unpaired) electrons. The molecule has 0 saturated carbocycles. The third-order valence-electron chi connectivity index (χ3n) is 3.25. The fourth-order valence-electron chi connectivity index (χ4n) is 2.09. The maximum Gasteiger partial charge on any atom is 0.151 e. The molecule has 20 heavy (non-hydrogen) atoms. The zero-order valence-corrected chi connectivity index (χ0v) is 13.5. The molecule has 0 aliphatic rings. The molecule has 1 heterocycles. The fraction of sp³-hybridized carbons (Fsp3) is 0.800. The van der Waals surface area contributed by atoms with Crippen LogP contribution in [0.4, 0.5) is 0 Å². The first-order valence-corrected chi connectivity index (χ1v) is 7.68. The van der Waals surface area contributed by atoms with Crippen LogP contribution < -0.4 is 5.32 Å². The quantitative estimate of drug-likeness (QED) is 0.629. The Hall–Kier alpha value is -0.910. The van der Waals surface area contributed by atoms with Crippen molar-refractivity contribution in [3.05, 3.63) is 17.5 Å². The van der Waals surface area contributed by atoms with Crippen molar-refractivity contribution in [2.24, 2.45) is 0 Å². The second-order valence-corrected chi connectivity index (χ2v) is 5.49. The monoisotopic (exact) mass is 282 g/mol. The van der Waals surface area contributed by atoms with Crippen LogP contribution in [-0.4, -0.2) is 55.2 Å². The van der Waals surface area contributed by atoms with E-state index in [1.165, 1.54) is 6.42 Å². The summed E-state index contributed by atoms with van der Waals surface area (Å²) in [5.74, 6) is 0.963. The van der Waals surface area contributed by atoms with E-state index in [0.717, 1.165) is 57.1 Å². The van der Waals surface area contributed by atoms with Crippen LogP contribution in [0.5, 0.6) is 0 Å². The highest BCUT2D eigenvalue weighted by molar-refractivity contribution is 5.05. The molecule has 1 rings (SSSR count). The first kappa shape index (κ1) is 17.1. The maximum atomic E-state index is 5.41. The lowest BCUT2D eigenvalue weighted by Gasteiger charge is -2.19. The highest BCUT2D eigenvalue weighted by Crippen LogP contribution is 2.08. The molecule has 0 amide bonds. The molecule has 0 atom stereocenters. The summed E-state index contributed by atoms with van der Waals surface area (Å²) in [5, 5.41) is 7.45. The van der Waals surface area contributed by atoms with Crippen molar-refractivity contribution in [1.29, 1.82) is 0 Å². The van der Waals surface area contributed by atoms with Crippen molar-refractivity contribution >= 4 is 0 Å². The topological polar surface area (TPSA) is 44.5 Å². The molecular weight excluding hydrogens is 252 g/mol. The highest BCUT2D eigenvalue weighted by Gasteiger charge is 2.09. The smallest absolute Gasteiger partial charge is 0.151 e. The van der Waals surface area contributed by atoms with Crippen LogP contribution >= 0.6 is 0 Å². The molecule has 0 aliphatic carbocycles. The van der Waals surface area contributed by atoms with Gasteiger partial charge in [-0.3, -0.25) is 4.90 Å². The molecule has 0 aromatic carbocycles. The van der Waals surface area contributed by atoms with Crippen molar-refractivity contribution in [2.75, 3.05) is 40.3 Å². The van der Waals surface area contributed by atoms with Gasteiger partial charge in [0.15, 0.2) is 5.76 Å². The summed E-state index contributed by atoms with van der Waals surface area (Å²) in [7, 11) is 4.23. The Bertz CT molecular complexity index is 351. The average molecular weight is 282 g/mol. The van der Waals surface area contributed by atoms with Gasteiger partial charge in [0, 0.05) is 12.6 Å². The van der Waals surface area contributed by atoms with E-state index in [2.05, 4.69) is 54.3 Å². The number of rotatable bonds is 11. The van der Waals surface area contributed by atoms with E-state index in [9.17, 15) is 0 Å². The first-order valence-electron chi connectivity index (χ1n) is 7.68. The van der Waals surface area contributed by atoms with Gasteiger partial charge in [0.05, 0.1) is 12.2 Å². The normalized spacial score (nSPS) is 11.7. The van der Waals surface area contributed by atoms with Gasteiger partial charge in [-0.1, -0.05) is 19.0 Å². The molecule has 1 aromatic heterocycles. The molecule has 1 aromatic rings. The zero-order valence-electron chi connectivity index (χ0n) is 13.5. The second kappa shape index (κ2) is 9.91. The molecule has 0 spiro atoms. The zero-order chi connectivity index (χ0) is 14.8. The minimum atomic E-state index is 0.796. The van der Waals surface area contributed by atoms with Gasteiger partial charge in [0.2, 0.25) is 0 Å². The molecule has 5 nitrogen and oxygen atoms in total. The SMILES string of the molecule is CCCNCc1cc(CN(CC)CCCN(C)C)on1. The summed E-state index contributed by atoms with van der Waals surface area (Å²) >= 11 is 0. The molecule has 0 fully saturated rings. The minimum Gasteiger partial charge on any atom is -0.360 e. The Balaban J connectivity index is 2.33. The van der Waals surface area contributed by atoms with Gasteiger partial charge in [-0.05, 0) is 53.1 Å². The highest BCUT2D eigenvalue weighted by atomic mass is 16.5. The molecule has 0 aliphatic heterocycles. The lowest BCUT2D eigenvalue weighted by Crippen LogP contribution is -2.26. The Morgan fingerprint density at radius 1 is 1.25 bits per heavy atom. The molecule has 116 valence electrons. The Morgan fingerprint density at radius 3 is 2.70 bits per heavy atom. The van der Waals surface area contributed by atoms with Gasteiger partial charge in [0.25, 0.3) is 0 Å². The lowest BCUT2D eigenvalue weighted by atomic mass is 10.3. The fourth-order valence-corrected chi connectivity index (χ4v) is 2.09. The van der Waals surface area contributed by atoms with Crippen molar-refractivity contribution < 1.29 is 4.52 Å². The summed E-state index contributed by atoms with van der Waals surface area (Å²) in [4.78, 5) is 4.62. The molecule has 0 saturated heterocycles. The van der Waals surface area contributed by atoms with Crippen molar-refractivity contribution in [1.82, 2.24) is 20.3 Å². The number of hydrogen-bond donors (Lipinski definition) is 1. The Labute approximate surface area is 123 Å². The summed E-state index contributed by atoms with van der Waals surface area (Å²) in [6.07, 6.45) is 2.32. The predicted molar refractivity (Wildman–Crippen MR) is 82.6 cm³/mol. The van der Waals surface area contributed by atoms with Gasteiger partial charge < -0.3 is 14.7 Å². The van der Waals surface area contributed by atoms with Crippen molar-refractivity contribution in [2.45, 2.75) is 39.8 Å². The predicted octanol–water partition coefficient (Wildman–Crippen LogP) is 1.95. The molecule has 5 heteroatoms. The van der Waals surface area contributed by atoms with Crippen LogP contribution in [-0.2, 0) is 13.1 Å². The van der Waals surface area contributed by atoms with Gasteiger partial charge in [-0.25, -0.2) is 0 Å². The number of nitrogens with zero attached hydrogens (tertiary/aromatic N) is 3. The molecule has 0 bridgehead atoms. The van der Waals surface area contributed by atoms with Crippen LogP contribution in [0.25, 0.3) is 0 Å². The van der Waals surface area contributed by atoms with Crippen molar-refractivity contribution in [3.63, 3.8) is 0 Å². The number of aromatic nitrogens is 1. The van der Waals surface area contributed by atoms with Crippen LogP contribution in [0, 0.1) is 0 Å². The third kappa shape index (κ3) is 7.03. The lowest BCUT2D eigenvalue weighted by molar-refractivity contribution is 0.228. The third-order valence-corrected chi connectivity index (χ3v) is 3.25. The van der Waals surface area contributed by atoms with Crippen LogP contribution in [0.1, 0.15) is 38.1 Å². The Kier molecular flexibility index (Phi) is 8.49. The van der Waals surface area contributed by atoms with E-state index in [1.54, 1.807) is 0 Å². The second-order valence-electron chi connectivity index (χ2n) is 5.49. The summed E-state index contributed by atoms with van der Waals surface area (Å²) in [5.41, 5.74) is 0.998. The van der Waals surface area contributed by atoms with E-state index >= 15 is 0 Å². The van der Waals surface area contributed by atoms with Crippen LogP contribution in [0.15, 0.2) is 10.6 Å². The maximum absolute atomic E-state index is 5.41. The summed E-state index contributed by atoms with van der Waals surface area (Å²) in [6.45, 7) is 10.3. The molecule has 1 N–H and O–H groups in total. The van der Waals surface area contributed by atoms with E-state index < -0.39 is 0 Å². The summed E-state index contributed by atoms with van der Waals surface area (Å²) in [6, 6.07) is 2.07. The minimum absolute atomic E-state index is 0.796. The van der Waals surface area contributed by atoms with Crippen LogP contribution in [0.2, 0.25) is 0 Å².